The lowest BCUT2D eigenvalue weighted by Crippen LogP contribution is -2.55. The van der Waals surface area contributed by atoms with Crippen molar-refractivity contribution in [1.82, 2.24) is 0 Å². The van der Waals surface area contributed by atoms with Crippen LogP contribution >= 0.6 is 0 Å². The molecule has 0 radical (unpaired) electrons. The third-order valence-electron chi connectivity index (χ3n) is 9.29. The minimum atomic E-state index is -2.45. The van der Waals surface area contributed by atoms with Gasteiger partial charge in [0.15, 0.2) is 0 Å². The van der Waals surface area contributed by atoms with Gasteiger partial charge < -0.3 is 24.8 Å². The van der Waals surface area contributed by atoms with Gasteiger partial charge in [-0.3, -0.25) is 4.79 Å². The number of rotatable bonds is 5. The van der Waals surface area contributed by atoms with Gasteiger partial charge in [0.25, 0.3) is 0 Å². The van der Waals surface area contributed by atoms with Crippen molar-refractivity contribution < 1.29 is 39.2 Å². The zero-order valence-corrected chi connectivity index (χ0v) is 24.1. The van der Waals surface area contributed by atoms with E-state index in [0.717, 1.165) is 6.42 Å². The maximum absolute atomic E-state index is 13.8. The summed E-state index contributed by atoms with van der Waals surface area (Å²) in [6.45, 7) is 5.87. The molecule has 3 aliphatic rings. The molecule has 0 aliphatic heterocycles. The van der Waals surface area contributed by atoms with Crippen LogP contribution < -0.4 is 0 Å². The molecule has 42 heavy (non-hydrogen) atoms. The molecular weight excluding hydrogens is 536 g/mol. The summed E-state index contributed by atoms with van der Waals surface area (Å²) in [5.74, 6) is -2.33. The van der Waals surface area contributed by atoms with Crippen LogP contribution in [0.4, 0.5) is 0 Å². The highest BCUT2D eigenvalue weighted by atomic mass is 16.6. The molecule has 8 nitrogen and oxygen atoms in total. The number of aliphatic hydroxyl groups is 3. The van der Waals surface area contributed by atoms with Crippen molar-refractivity contribution >= 4 is 17.7 Å². The van der Waals surface area contributed by atoms with Crippen molar-refractivity contribution in [1.29, 1.82) is 0 Å². The highest BCUT2D eigenvalue weighted by Crippen LogP contribution is 2.65. The number of ether oxygens (including phenoxy) is 2. The zero-order chi connectivity index (χ0) is 30.2. The van der Waals surface area contributed by atoms with Crippen LogP contribution in [0.25, 0.3) is 0 Å². The Bertz CT molecular complexity index is 1400. The van der Waals surface area contributed by atoms with E-state index in [1.807, 2.05) is 0 Å². The number of ketones is 1. The standard InChI is InChI=1S/C34H38O8/c1-20-14-15-27(42-32(39)22-12-8-5-9-13-22)30(37)34(40)18-26(35)24(28-25(16-20)33(28,2)3)17-23(29(34)36)19-41-31(38)21-10-6-4-7-11-21/h4-13,15,17,20,24-25,28-30,36-37,40H,14,16,18-19H2,1-3H3/b27-15+/t20-,24+,25+,28-,29+,30-,34-/m0/s1. The fraction of sp³-hybridized carbons (Fsp3) is 0.441. The summed E-state index contributed by atoms with van der Waals surface area (Å²) < 4.78 is 11.2. The van der Waals surface area contributed by atoms with Crippen LogP contribution in [-0.2, 0) is 14.3 Å². The third-order valence-corrected chi connectivity index (χ3v) is 9.29. The molecule has 3 aliphatic carbocycles. The van der Waals surface area contributed by atoms with Gasteiger partial charge in [0.1, 0.15) is 36.0 Å². The first kappa shape index (κ1) is 29.9. The van der Waals surface area contributed by atoms with E-state index in [2.05, 4.69) is 20.8 Å². The van der Waals surface area contributed by atoms with E-state index in [1.165, 1.54) is 0 Å². The van der Waals surface area contributed by atoms with Gasteiger partial charge in [-0.2, -0.15) is 0 Å². The minimum absolute atomic E-state index is 0.0437. The predicted molar refractivity (Wildman–Crippen MR) is 154 cm³/mol. The fourth-order valence-corrected chi connectivity index (χ4v) is 6.71. The molecule has 5 rings (SSSR count). The van der Waals surface area contributed by atoms with Crippen LogP contribution in [0.15, 0.2) is 84.1 Å². The number of carbonyl (C=O) groups excluding carboxylic acids is 3. The van der Waals surface area contributed by atoms with Crippen molar-refractivity contribution in [2.45, 2.75) is 57.8 Å². The smallest absolute Gasteiger partial charge is 0.343 e. The van der Waals surface area contributed by atoms with Crippen LogP contribution in [0.5, 0.6) is 0 Å². The van der Waals surface area contributed by atoms with Crippen LogP contribution in [0, 0.1) is 29.1 Å². The molecule has 2 bridgehead atoms. The van der Waals surface area contributed by atoms with E-state index >= 15 is 0 Å². The first-order valence-corrected chi connectivity index (χ1v) is 14.4. The molecule has 0 spiro atoms. The Morgan fingerprint density at radius 1 is 0.929 bits per heavy atom. The maximum Gasteiger partial charge on any atom is 0.343 e. The molecule has 222 valence electrons. The van der Waals surface area contributed by atoms with E-state index in [1.54, 1.807) is 72.8 Å². The second-order valence-corrected chi connectivity index (χ2v) is 12.5. The number of esters is 2. The van der Waals surface area contributed by atoms with Crippen molar-refractivity contribution in [3.63, 3.8) is 0 Å². The van der Waals surface area contributed by atoms with Gasteiger partial charge in [0, 0.05) is 12.3 Å². The van der Waals surface area contributed by atoms with Crippen molar-refractivity contribution in [2.75, 3.05) is 6.61 Å². The Morgan fingerprint density at radius 3 is 2.14 bits per heavy atom. The molecule has 2 aromatic carbocycles. The molecule has 0 heterocycles. The number of allylic oxidation sites excluding steroid dienone is 2. The summed E-state index contributed by atoms with van der Waals surface area (Å²) in [6.07, 6.45) is 0.137. The fourth-order valence-electron chi connectivity index (χ4n) is 6.71. The summed E-state index contributed by atoms with van der Waals surface area (Å²) in [7, 11) is 0. The van der Waals surface area contributed by atoms with Gasteiger partial charge in [0.05, 0.1) is 11.1 Å². The normalized spacial score (nSPS) is 33.4. The van der Waals surface area contributed by atoms with E-state index in [9.17, 15) is 29.7 Å². The van der Waals surface area contributed by atoms with Gasteiger partial charge in [-0.05, 0) is 71.9 Å². The first-order valence-electron chi connectivity index (χ1n) is 14.4. The summed E-state index contributed by atoms with van der Waals surface area (Å²) in [4.78, 5) is 39.6. The molecule has 0 unspecified atom stereocenters. The van der Waals surface area contributed by atoms with Gasteiger partial charge in [0.2, 0.25) is 0 Å². The Hall–Kier alpha value is -3.59. The second kappa shape index (κ2) is 11.6. The SMILES string of the molecule is C[C@H]1C/C=C(/OC(=O)c2ccccc2)[C@H](O)[C@]2(O)CC(=O)[C@@H](C=C(COC(=O)c3ccccc3)[C@H]2O)[C@H]2[C@@H](C1)C2(C)C. The quantitative estimate of drug-likeness (QED) is 0.357. The largest absolute Gasteiger partial charge is 0.457 e. The summed E-state index contributed by atoms with van der Waals surface area (Å²) in [5, 5.41) is 35.2. The number of hydrogen-bond acceptors (Lipinski definition) is 8. The minimum Gasteiger partial charge on any atom is -0.457 e. The number of aliphatic hydroxyl groups excluding tert-OH is 2. The molecule has 8 heteroatoms. The van der Waals surface area contributed by atoms with Crippen LogP contribution in [0.2, 0.25) is 0 Å². The van der Waals surface area contributed by atoms with Crippen LogP contribution in [0.3, 0.4) is 0 Å². The molecule has 1 saturated carbocycles. The topological polar surface area (TPSA) is 130 Å². The van der Waals surface area contributed by atoms with Gasteiger partial charge in [-0.25, -0.2) is 9.59 Å². The molecule has 1 fully saturated rings. The Balaban J connectivity index is 1.53. The summed E-state index contributed by atoms with van der Waals surface area (Å²) >= 11 is 0. The van der Waals surface area contributed by atoms with Crippen LogP contribution in [0.1, 0.15) is 60.7 Å². The highest BCUT2D eigenvalue weighted by Gasteiger charge is 2.63. The average Bonchev–Trinajstić information content (AvgIpc) is 3.54. The number of Topliss-reactive ketones (excluding diaryl/α,β-unsaturated/α-hetero) is 1. The monoisotopic (exact) mass is 574 g/mol. The lowest BCUT2D eigenvalue weighted by molar-refractivity contribution is -0.151. The van der Waals surface area contributed by atoms with Crippen molar-refractivity contribution in [3.8, 4) is 0 Å². The Labute approximate surface area is 245 Å². The Kier molecular flexibility index (Phi) is 8.25. The van der Waals surface area contributed by atoms with Gasteiger partial charge >= 0.3 is 11.9 Å². The van der Waals surface area contributed by atoms with E-state index in [4.69, 9.17) is 9.47 Å². The molecule has 0 amide bonds. The highest BCUT2D eigenvalue weighted by molar-refractivity contribution is 5.90. The third kappa shape index (κ3) is 5.71. The molecule has 7 atom stereocenters. The number of benzene rings is 2. The lowest BCUT2D eigenvalue weighted by atomic mass is 9.81. The Morgan fingerprint density at radius 2 is 1.52 bits per heavy atom. The van der Waals surface area contributed by atoms with E-state index < -0.39 is 48.7 Å². The average molecular weight is 575 g/mol. The zero-order valence-electron chi connectivity index (χ0n) is 24.1. The van der Waals surface area contributed by atoms with Gasteiger partial charge in [-0.15, -0.1) is 0 Å². The van der Waals surface area contributed by atoms with Crippen molar-refractivity contribution in [3.05, 3.63) is 95.3 Å². The number of fused-ring (bicyclic) bond motifs is 5. The molecular formula is C34H38O8. The van der Waals surface area contributed by atoms with E-state index in [-0.39, 0.29) is 45.8 Å². The summed E-state index contributed by atoms with van der Waals surface area (Å²) in [6, 6.07) is 16.6. The van der Waals surface area contributed by atoms with Crippen LogP contribution in [-0.4, -0.2) is 57.5 Å². The lowest BCUT2D eigenvalue weighted by Gasteiger charge is -2.37. The molecule has 0 saturated heterocycles. The number of carbonyl (C=O) groups is 3. The van der Waals surface area contributed by atoms with Gasteiger partial charge in [-0.1, -0.05) is 63.2 Å². The molecule has 3 N–H and O–H groups in total. The van der Waals surface area contributed by atoms with Crippen molar-refractivity contribution in [2.24, 2.45) is 29.1 Å². The number of hydrogen-bond donors (Lipinski definition) is 3. The molecule has 2 aromatic rings. The maximum atomic E-state index is 13.8. The predicted octanol–water partition coefficient (Wildman–Crippen LogP) is 4.25. The first-order chi connectivity index (χ1) is 19.9. The molecule has 0 aromatic heterocycles. The summed E-state index contributed by atoms with van der Waals surface area (Å²) in [5.41, 5.74) is -1.96. The van der Waals surface area contributed by atoms with E-state index in [0.29, 0.717) is 12.0 Å². The second-order valence-electron chi connectivity index (χ2n) is 12.5.